The maximum Gasteiger partial charge on any atom is 0.0115 e. The Balaban J connectivity index is 1.81. The third-order valence-corrected chi connectivity index (χ3v) is 4.97. The lowest BCUT2D eigenvalue weighted by molar-refractivity contribution is 0.100. The third-order valence-electron chi connectivity index (χ3n) is 4.97. The average molecular weight is 253 g/mol. The van der Waals surface area contributed by atoms with Crippen LogP contribution in [0.5, 0.6) is 0 Å². The van der Waals surface area contributed by atoms with Crippen LogP contribution in [0.15, 0.2) is 0 Å². The molecule has 2 aliphatic rings. The van der Waals surface area contributed by atoms with E-state index >= 15 is 0 Å². The van der Waals surface area contributed by atoms with Crippen molar-refractivity contribution in [3.8, 4) is 0 Å². The minimum absolute atomic E-state index is 0.668. The van der Waals surface area contributed by atoms with Gasteiger partial charge < -0.3 is 10.2 Å². The van der Waals surface area contributed by atoms with Gasteiger partial charge in [-0.15, -0.1) is 0 Å². The zero-order chi connectivity index (χ0) is 13.1. The SMILES string of the molecule is CCNC1CC2CCC(C1)N2CCN(C)C(C)C. The summed E-state index contributed by atoms with van der Waals surface area (Å²) in [5.41, 5.74) is 0. The van der Waals surface area contributed by atoms with Crippen molar-refractivity contribution < 1.29 is 0 Å². The molecule has 2 fully saturated rings. The summed E-state index contributed by atoms with van der Waals surface area (Å²) in [7, 11) is 2.25. The van der Waals surface area contributed by atoms with Gasteiger partial charge in [-0.2, -0.15) is 0 Å². The fraction of sp³-hybridized carbons (Fsp3) is 1.00. The highest BCUT2D eigenvalue weighted by Crippen LogP contribution is 2.35. The predicted octanol–water partition coefficient (Wildman–Crippen LogP) is 1.93. The Morgan fingerprint density at radius 2 is 1.83 bits per heavy atom. The normalized spacial score (nSPS) is 32.7. The molecule has 2 rings (SSSR count). The maximum atomic E-state index is 3.65. The highest BCUT2D eigenvalue weighted by Gasteiger charge is 2.39. The van der Waals surface area contributed by atoms with Gasteiger partial charge in [-0.25, -0.2) is 0 Å². The number of hydrogen-bond donors (Lipinski definition) is 1. The van der Waals surface area contributed by atoms with E-state index in [1.165, 1.54) is 38.8 Å². The van der Waals surface area contributed by atoms with E-state index in [0.29, 0.717) is 6.04 Å². The highest BCUT2D eigenvalue weighted by atomic mass is 15.3. The molecule has 0 aromatic rings. The largest absolute Gasteiger partial charge is 0.314 e. The second kappa shape index (κ2) is 6.36. The summed E-state index contributed by atoms with van der Waals surface area (Å²) < 4.78 is 0. The quantitative estimate of drug-likeness (QED) is 0.780. The van der Waals surface area contributed by atoms with Gasteiger partial charge in [-0.05, 0) is 53.1 Å². The zero-order valence-corrected chi connectivity index (χ0v) is 12.7. The third kappa shape index (κ3) is 3.25. The number of likely N-dealkylation sites (N-methyl/N-ethyl adjacent to an activating group) is 1. The predicted molar refractivity (Wildman–Crippen MR) is 78.0 cm³/mol. The van der Waals surface area contributed by atoms with Crippen LogP contribution in [0.1, 0.15) is 46.5 Å². The molecule has 106 valence electrons. The summed E-state index contributed by atoms with van der Waals surface area (Å²) in [6, 6.07) is 3.16. The van der Waals surface area contributed by atoms with Crippen LogP contribution in [0.4, 0.5) is 0 Å². The van der Waals surface area contributed by atoms with E-state index in [1.54, 1.807) is 0 Å². The fourth-order valence-corrected chi connectivity index (χ4v) is 3.63. The van der Waals surface area contributed by atoms with Crippen molar-refractivity contribution in [3.05, 3.63) is 0 Å². The molecule has 3 nitrogen and oxygen atoms in total. The smallest absolute Gasteiger partial charge is 0.0115 e. The van der Waals surface area contributed by atoms with Crippen molar-refractivity contribution in [3.63, 3.8) is 0 Å². The van der Waals surface area contributed by atoms with Crippen LogP contribution in [0.2, 0.25) is 0 Å². The minimum Gasteiger partial charge on any atom is -0.314 e. The summed E-state index contributed by atoms with van der Waals surface area (Å²) >= 11 is 0. The van der Waals surface area contributed by atoms with Gasteiger partial charge in [0.25, 0.3) is 0 Å². The number of piperidine rings is 1. The lowest BCUT2D eigenvalue weighted by Gasteiger charge is -2.40. The maximum absolute atomic E-state index is 3.65. The summed E-state index contributed by atoms with van der Waals surface area (Å²) in [5.74, 6) is 0. The van der Waals surface area contributed by atoms with E-state index in [0.717, 1.165) is 24.7 Å². The van der Waals surface area contributed by atoms with Crippen molar-refractivity contribution in [2.75, 3.05) is 26.7 Å². The second-order valence-electron chi connectivity index (χ2n) is 6.42. The molecule has 2 heterocycles. The summed E-state index contributed by atoms with van der Waals surface area (Å²) in [5, 5.41) is 3.65. The molecule has 2 bridgehead atoms. The number of fused-ring (bicyclic) bond motifs is 2. The fourth-order valence-electron chi connectivity index (χ4n) is 3.63. The molecule has 2 saturated heterocycles. The first-order chi connectivity index (χ1) is 8.61. The Morgan fingerprint density at radius 3 is 2.33 bits per heavy atom. The Hall–Kier alpha value is -0.120. The molecule has 0 spiro atoms. The van der Waals surface area contributed by atoms with Crippen LogP contribution < -0.4 is 5.32 Å². The Morgan fingerprint density at radius 1 is 1.22 bits per heavy atom. The highest BCUT2D eigenvalue weighted by molar-refractivity contribution is 4.97. The van der Waals surface area contributed by atoms with Crippen LogP contribution in [0.3, 0.4) is 0 Å². The van der Waals surface area contributed by atoms with Crippen molar-refractivity contribution >= 4 is 0 Å². The molecule has 0 amide bonds. The van der Waals surface area contributed by atoms with E-state index in [-0.39, 0.29) is 0 Å². The lowest BCUT2D eigenvalue weighted by atomic mass is 9.97. The zero-order valence-electron chi connectivity index (χ0n) is 12.7. The Bertz CT molecular complexity index is 240. The molecule has 2 aliphatic heterocycles. The summed E-state index contributed by atoms with van der Waals surface area (Å²) in [6.45, 7) is 10.4. The van der Waals surface area contributed by atoms with Gasteiger partial charge in [0.2, 0.25) is 0 Å². The first-order valence-corrected chi connectivity index (χ1v) is 7.81. The van der Waals surface area contributed by atoms with E-state index in [2.05, 4.69) is 42.9 Å². The van der Waals surface area contributed by atoms with Crippen LogP contribution in [0, 0.1) is 0 Å². The van der Waals surface area contributed by atoms with E-state index < -0.39 is 0 Å². The molecule has 18 heavy (non-hydrogen) atoms. The minimum atomic E-state index is 0.668. The van der Waals surface area contributed by atoms with Crippen molar-refractivity contribution in [1.82, 2.24) is 15.1 Å². The molecule has 0 aromatic heterocycles. The second-order valence-corrected chi connectivity index (χ2v) is 6.42. The average Bonchev–Trinajstić information content (AvgIpc) is 2.57. The Kier molecular flexibility index (Phi) is 5.05. The molecule has 0 aliphatic carbocycles. The van der Waals surface area contributed by atoms with Gasteiger partial charge in [0.15, 0.2) is 0 Å². The molecule has 2 unspecified atom stereocenters. The first-order valence-electron chi connectivity index (χ1n) is 7.81. The number of nitrogens with zero attached hydrogens (tertiary/aromatic N) is 2. The molecule has 2 atom stereocenters. The number of rotatable bonds is 6. The first kappa shape index (κ1) is 14.3. The lowest BCUT2D eigenvalue weighted by Crippen LogP contribution is -2.51. The molecule has 3 heteroatoms. The van der Waals surface area contributed by atoms with Crippen molar-refractivity contribution in [2.45, 2.75) is 70.6 Å². The summed E-state index contributed by atoms with van der Waals surface area (Å²) in [4.78, 5) is 5.27. The van der Waals surface area contributed by atoms with E-state index in [9.17, 15) is 0 Å². The van der Waals surface area contributed by atoms with Crippen LogP contribution in [-0.4, -0.2) is 60.6 Å². The van der Waals surface area contributed by atoms with Gasteiger partial charge in [-0.3, -0.25) is 4.90 Å². The molecule has 1 N–H and O–H groups in total. The van der Waals surface area contributed by atoms with Crippen molar-refractivity contribution in [2.24, 2.45) is 0 Å². The van der Waals surface area contributed by atoms with Gasteiger partial charge in [0.1, 0.15) is 0 Å². The molecule has 0 saturated carbocycles. The molecular weight excluding hydrogens is 222 g/mol. The topological polar surface area (TPSA) is 18.5 Å². The van der Waals surface area contributed by atoms with Crippen LogP contribution in [-0.2, 0) is 0 Å². The standard InChI is InChI=1S/C15H31N3/c1-5-16-13-10-14-6-7-15(11-13)18(14)9-8-17(4)12(2)3/h12-16H,5-11H2,1-4H3. The van der Waals surface area contributed by atoms with Crippen molar-refractivity contribution in [1.29, 1.82) is 0 Å². The van der Waals surface area contributed by atoms with E-state index in [4.69, 9.17) is 0 Å². The van der Waals surface area contributed by atoms with Crippen LogP contribution in [0.25, 0.3) is 0 Å². The van der Waals surface area contributed by atoms with Gasteiger partial charge >= 0.3 is 0 Å². The van der Waals surface area contributed by atoms with Gasteiger partial charge in [-0.1, -0.05) is 6.92 Å². The number of nitrogens with one attached hydrogen (secondary N) is 1. The molecular formula is C15H31N3. The Labute approximate surface area is 113 Å². The van der Waals surface area contributed by atoms with Gasteiger partial charge in [0.05, 0.1) is 0 Å². The monoisotopic (exact) mass is 253 g/mol. The van der Waals surface area contributed by atoms with E-state index in [1.807, 2.05) is 0 Å². The number of hydrogen-bond acceptors (Lipinski definition) is 3. The molecule has 0 aromatic carbocycles. The van der Waals surface area contributed by atoms with Crippen LogP contribution >= 0.6 is 0 Å². The van der Waals surface area contributed by atoms with Gasteiger partial charge in [0, 0.05) is 37.3 Å². The summed E-state index contributed by atoms with van der Waals surface area (Å²) in [6.07, 6.45) is 5.60. The molecule has 0 radical (unpaired) electrons.